The van der Waals surface area contributed by atoms with Crippen molar-refractivity contribution < 1.29 is 0 Å². The zero-order valence-corrected chi connectivity index (χ0v) is 11.3. The SMILES string of the molecule is CN(CCC1(N)CCC1)Cc1ccc(Cl)s1. The van der Waals surface area contributed by atoms with E-state index in [4.69, 9.17) is 17.3 Å². The van der Waals surface area contributed by atoms with Crippen LogP contribution in [0.5, 0.6) is 0 Å². The molecule has 2 N–H and O–H groups in total. The van der Waals surface area contributed by atoms with Gasteiger partial charge in [-0.3, -0.25) is 0 Å². The van der Waals surface area contributed by atoms with Crippen LogP contribution in [0.2, 0.25) is 4.34 Å². The van der Waals surface area contributed by atoms with Crippen molar-refractivity contribution in [3.05, 3.63) is 21.3 Å². The number of hydrogen-bond acceptors (Lipinski definition) is 3. The Labute approximate surface area is 106 Å². The van der Waals surface area contributed by atoms with Crippen LogP contribution in [0, 0.1) is 0 Å². The molecule has 0 amide bonds. The first-order chi connectivity index (χ1) is 7.57. The molecule has 0 aliphatic heterocycles. The van der Waals surface area contributed by atoms with Gasteiger partial charge in [0.25, 0.3) is 0 Å². The molecule has 1 aromatic heterocycles. The van der Waals surface area contributed by atoms with E-state index in [9.17, 15) is 0 Å². The lowest BCUT2D eigenvalue weighted by Crippen LogP contribution is -2.48. The van der Waals surface area contributed by atoms with E-state index in [1.54, 1.807) is 11.3 Å². The normalized spacial score (nSPS) is 18.8. The third-order valence-corrected chi connectivity index (χ3v) is 4.61. The van der Waals surface area contributed by atoms with Crippen LogP contribution in [0.1, 0.15) is 30.6 Å². The maximum Gasteiger partial charge on any atom is 0.0931 e. The van der Waals surface area contributed by atoms with Crippen molar-refractivity contribution in [3.63, 3.8) is 0 Å². The van der Waals surface area contributed by atoms with Crippen LogP contribution in [0.25, 0.3) is 0 Å². The van der Waals surface area contributed by atoms with Gasteiger partial charge < -0.3 is 10.6 Å². The van der Waals surface area contributed by atoms with Gasteiger partial charge in [-0.05, 0) is 51.4 Å². The van der Waals surface area contributed by atoms with Gasteiger partial charge in [-0.2, -0.15) is 0 Å². The predicted molar refractivity (Wildman–Crippen MR) is 71.0 cm³/mol. The van der Waals surface area contributed by atoms with Crippen molar-refractivity contribution in [1.82, 2.24) is 4.90 Å². The molecule has 1 fully saturated rings. The van der Waals surface area contributed by atoms with Gasteiger partial charge >= 0.3 is 0 Å². The average Bonchev–Trinajstić information content (AvgIpc) is 2.58. The first-order valence-electron chi connectivity index (χ1n) is 5.79. The highest BCUT2D eigenvalue weighted by molar-refractivity contribution is 7.16. The highest BCUT2D eigenvalue weighted by Gasteiger charge is 2.31. The van der Waals surface area contributed by atoms with Gasteiger partial charge in [-0.1, -0.05) is 11.6 Å². The molecule has 1 aliphatic rings. The van der Waals surface area contributed by atoms with Crippen molar-refractivity contribution in [2.45, 2.75) is 37.8 Å². The molecule has 1 heterocycles. The van der Waals surface area contributed by atoms with Crippen LogP contribution < -0.4 is 5.73 Å². The zero-order valence-electron chi connectivity index (χ0n) is 9.71. The van der Waals surface area contributed by atoms with E-state index in [0.717, 1.165) is 23.8 Å². The van der Waals surface area contributed by atoms with E-state index < -0.39 is 0 Å². The zero-order chi connectivity index (χ0) is 11.6. The minimum absolute atomic E-state index is 0.140. The first kappa shape index (κ1) is 12.4. The lowest BCUT2D eigenvalue weighted by atomic mass is 9.75. The monoisotopic (exact) mass is 258 g/mol. The molecule has 4 heteroatoms. The highest BCUT2D eigenvalue weighted by atomic mass is 35.5. The number of nitrogens with two attached hydrogens (primary N) is 1. The van der Waals surface area contributed by atoms with Gasteiger partial charge in [0, 0.05) is 17.0 Å². The molecule has 0 saturated heterocycles. The molecular weight excluding hydrogens is 240 g/mol. The first-order valence-corrected chi connectivity index (χ1v) is 6.98. The Balaban J connectivity index is 1.73. The number of halogens is 1. The van der Waals surface area contributed by atoms with Crippen molar-refractivity contribution in [2.75, 3.05) is 13.6 Å². The van der Waals surface area contributed by atoms with Gasteiger partial charge in [0.05, 0.1) is 4.34 Å². The Morgan fingerprint density at radius 1 is 1.50 bits per heavy atom. The van der Waals surface area contributed by atoms with Crippen molar-refractivity contribution in [1.29, 1.82) is 0 Å². The minimum Gasteiger partial charge on any atom is -0.325 e. The summed E-state index contributed by atoms with van der Waals surface area (Å²) in [5.74, 6) is 0. The maximum atomic E-state index is 6.20. The summed E-state index contributed by atoms with van der Waals surface area (Å²) in [7, 11) is 2.15. The van der Waals surface area contributed by atoms with Crippen LogP contribution in [0.15, 0.2) is 12.1 Å². The lowest BCUT2D eigenvalue weighted by molar-refractivity contribution is 0.194. The lowest BCUT2D eigenvalue weighted by Gasteiger charge is -2.39. The topological polar surface area (TPSA) is 29.3 Å². The molecular formula is C12H19ClN2S. The van der Waals surface area contributed by atoms with E-state index in [1.807, 2.05) is 6.07 Å². The van der Waals surface area contributed by atoms with Gasteiger partial charge in [-0.25, -0.2) is 0 Å². The summed E-state index contributed by atoms with van der Waals surface area (Å²) in [4.78, 5) is 3.65. The molecule has 0 unspecified atom stereocenters. The Kier molecular flexibility index (Phi) is 3.90. The summed E-state index contributed by atoms with van der Waals surface area (Å²) in [5, 5.41) is 0. The molecule has 1 saturated carbocycles. The van der Waals surface area contributed by atoms with E-state index >= 15 is 0 Å². The number of hydrogen-bond donors (Lipinski definition) is 1. The molecule has 0 radical (unpaired) electrons. The summed E-state index contributed by atoms with van der Waals surface area (Å²) < 4.78 is 0.873. The molecule has 1 aromatic rings. The van der Waals surface area contributed by atoms with Crippen molar-refractivity contribution >= 4 is 22.9 Å². The predicted octanol–water partition coefficient (Wildman–Crippen LogP) is 3.10. The maximum absolute atomic E-state index is 6.20. The number of rotatable bonds is 5. The van der Waals surface area contributed by atoms with Gasteiger partial charge in [-0.15, -0.1) is 11.3 Å². The summed E-state index contributed by atoms with van der Waals surface area (Å²) >= 11 is 7.57. The summed E-state index contributed by atoms with van der Waals surface area (Å²) in [6.07, 6.45) is 4.82. The second-order valence-electron chi connectivity index (χ2n) is 4.91. The fourth-order valence-electron chi connectivity index (χ4n) is 2.08. The minimum atomic E-state index is 0.140. The van der Waals surface area contributed by atoms with E-state index in [1.165, 1.54) is 24.1 Å². The summed E-state index contributed by atoms with van der Waals surface area (Å²) in [5.41, 5.74) is 6.34. The van der Waals surface area contributed by atoms with E-state index in [0.29, 0.717) is 0 Å². The standard InChI is InChI=1S/C12H19ClN2S/c1-15(8-7-12(14)5-2-6-12)9-10-3-4-11(13)16-10/h3-4H,2,5-9,14H2,1H3. The highest BCUT2D eigenvalue weighted by Crippen LogP contribution is 2.32. The fourth-order valence-corrected chi connectivity index (χ4v) is 3.24. The molecule has 0 atom stereocenters. The number of thiophene rings is 1. The quantitative estimate of drug-likeness (QED) is 0.879. The molecule has 0 bridgehead atoms. The summed E-state index contributed by atoms with van der Waals surface area (Å²) in [6.45, 7) is 2.06. The van der Waals surface area contributed by atoms with Crippen molar-refractivity contribution in [3.8, 4) is 0 Å². The van der Waals surface area contributed by atoms with Crippen LogP contribution in [-0.4, -0.2) is 24.0 Å². The molecule has 0 spiro atoms. The smallest absolute Gasteiger partial charge is 0.0931 e. The Morgan fingerprint density at radius 3 is 2.75 bits per heavy atom. The van der Waals surface area contributed by atoms with Crippen LogP contribution in [0.3, 0.4) is 0 Å². The molecule has 2 rings (SSSR count). The van der Waals surface area contributed by atoms with Crippen molar-refractivity contribution in [2.24, 2.45) is 5.73 Å². The molecule has 2 nitrogen and oxygen atoms in total. The van der Waals surface area contributed by atoms with Gasteiger partial charge in [0.1, 0.15) is 0 Å². The second kappa shape index (κ2) is 5.05. The summed E-state index contributed by atoms with van der Waals surface area (Å²) in [6, 6.07) is 4.07. The van der Waals surface area contributed by atoms with E-state index in [2.05, 4.69) is 18.0 Å². The second-order valence-corrected chi connectivity index (χ2v) is 6.71. The fraction of sp³-hybridized carbons (Fsp3) is 0.667. The molecule has 90 valence electrons. The molecule has 16 heavy (non-hydrogen) atoms. The molecule has 0 aromatic carbocycles. The molecule has 1 aliphatic carbocycles. The van der Waals surface area contributed by atoms with Gasteiger partial charge in [0.15, 0.2) is 0 Å². The van der Waals surface area contributed by atoms with E-state index in [-0.39, 0.29) is 5.54 Å². The van der Waals surface area contributed by atoms with Gasteiger partial charge in [0.2, 0.25) is 0 Å². The largest absolute Gasteiger partial charge is 0.325 e. The van der Waals surface area contributed by atoms with Crippen LogP contribution >= 0.6 is 22.9 Å². The Morgan fingerprint density at radius 2 is 2.25 bits per heavy atom. The van der Waals surface area contributed by atoms with Crippen LogP contribution in [0.4, 0.5) is 0 Å². The average molecular weight is 259 g/mol. The Hall–Kier alpha value is -0.0900. The number of nitrogens with zero attached hydrogens (tertiary/aromatic N) is 1. The third-order valence-electron chi connectivity index (χ3n) is 3.40. The Bertz CT molecular complexity index is 347. The third kappa shape index (κ3) is 3.20. The van der Waals surface area contributed by atoms with Crippen LogP contribution in [-0.2, 0) is 6.54 Å².